The number of pyridine rings is 1. The van der Waals surface area contributed by atoms with Crippen molar-refractivity contribution in [1.29, 1.82) is 0 Å². The molecular formula is C22H26ClN7O. The van der Waals surface area contributed by atoms with E-state index in [0.29, 0.717) is 17.3 Å². The molecule has 162 valence electrons. The third kappa shape index (κ3) is 3.85. The number of likely N-dealkylation sites (tertiary alicyclic amines) is 1. The largest absolute Gasteiger partial charge is 0.355 e. The molecule has 2 atom stereocenters. The van der Waals surface area contributed by atoms with Crippen LogP contribution in [0.25, 0.3) is 5.65 Å². The zero-order valence-electron chi connectivity index (χ0n) is 17.5. The number of anilines is 1. The monoisotopic (exact) mass is 439 g/mol. The Labute approximate surface area is 186 Å². The summed E-state index contributed by atoms with van der Waals surface area (Å²) >= 11 is 5.93. The van der Waals surface area contributed by atoms with E-state index in [2.05, 4.69) is 16.8 Å². The lowest BCUT2D eigenvalue weighted by molar-refractivity contribution is 0.0599. The van der Waals surface area contributed by atoms with Gasteiger partial charge in [-0.2, -0.15) is 5.10 Å². The molecule has 1 amide bonds. The highest BCUT2D eigenvalue weighted by Crippen LogP contribution is 2.32. The van der Waals surface area contributed by atoms with Crippen LogP contribution in [0.4, 0.5) is 5.82 Å². The zero-order chi connectivity index (χ0) is 21.5. The normalized spacial score (nSPS) is 21.8. The highest BCUT2D eigenvalue weighted by Gasteiger charge is 2.31. The molecule has 0 radical (unpaired) electrons. The molecular weight excluding hydrogens is 414 g/mol. The Morgan fingerprint density at radius 1 is 1.23 bits per heavy atom. The molecule has 2 unspecified atom stereocenters. The average molecular weight is 440 g/mol. The van der Waals surface area contributed by atoms with Crippen molar-refractivity contribution in [3.05, 3.63) is 52.6 Å². The number of carbonyl (C=O) groups is 1. The van der Waals surface area contributed by atoms with E-state index in [1.807, 2.05) is 21.7 Å². The molecule has 0 saturated carbocycles. The summed E-state index contributed by atoms with van der Waals surface area (Å²) in [5.74, 6) is 0.878. The number of hydrogen-bond acceptors (Lipinski definition) is 6. The Morgan fingerprint density at radius 2 is 2.10 bits per heavy atom. The molecule has 31 heavy (non-hydrogen) atoms. The smallest absolute Gasteiger partial charge is 0.273 e. The van der Waals surface area contributed by atoms with E-state index < -0.39 is 0 Å². The Bertz CT molecular complexity index is 1110. The topological polar surface area (TPSA) is 92.6 Å². The van der Waals surface area contributed by atoms with Gasteiger partial charge in [0.05, 0.1) is 16.8 Å². The number of rotatable bonds is 3. The summed E-state index contributed by atoms with van der Waals surface area (Å²) < 4.78 is 1.82. The van der Waals surface area contributed by atoms with Crippen LogP contribution in [0, 0.1) is 6.92 Å². The Balaban J connectivity index is 1.46. The maximum Gasteiger partial charge on any atom is 0.273 e. The summed E-state index contributed by atoms with van der Waals surface area (Å²) in [6.07, 6.45) is 7.41. The molecule has 5 heterocycles. The van der Waals surface area contributed by atoms with Gasteiger partial charge >= 0.3 is 0 Å². The van der Waals surface area contributed by atoms with Gasteiger partial charge in [-0.3, -0.25) is 4.79 Å². The molecule has 2 N–H and O–H groups in total. The van der Waals surface area contributed by atoms with Gasteiger partial charge in [-0.05, 0) is 44.7 Å². The Morgan fingerprint density at radius 3 is 2.84 bits per heavy atom. The molecule has 0 spiro atoms. The van der Waals surface area contributed by atoms with Gasteiger partial charge in [0, 0.05) is 49.7 Å². The van der Waals surface area contributed by atoms with Crippen LogP contribution in [0.1, 0.15) is 53.5 Å². The fourth-order valence-electron chi connectivity index (χ4n) is 4.61. The number of nitrogens with two attached hydrogens (primary N) is 1. The summed E-state index contributed by atoms with van der Waals surface area (Å²) in [6, 6.07) is 5.48. The van der Waals surface area contributed by atoms with Crippen LogP contribution in [0.3, 0.4) is 0 Å². The summed E-state index contributed by atoms with van der Waals surface area (Å²) in [5, 5.41) is 5.31. The SMILES string of the molecule is Cc1cn2nc(C3CCCCN3C(=O)c3ccc(Cl)cn3)cc2nc1N1CCC(N)C1. The molecule has 3 aromatic rings. The number of amides is 1. The van der Waals surface area contributed by atoms with Gasteiger partial charge in [0.15, 0.2) is 5.65 Å². The first-order valence-corrected chi connectivity index (χ1v) is 11.2. The first-order chi connectivity index (χ1) is 15.0. The van der Waals surface area contributed by atoms with E-state index in [4.69, 9.17) is 27.4 Å². The predicted octanol–water partition coefficient (Wildman–Crippen LogP) is 2.99. The van der Waals surface area contributed by atoms with Gasteiger partial charge in [0.2, 0.25) is 0 Å². The lowest BCUT2D eigenvalue weighted by Gasteiger charge is -2.34. The van der Waals surface area contributed by atoms with Gasteiger partial charge in [-0.25, -0.2) is 14.5 Å². The van der Waals surface area contributed by atoms with Gasteiger partial charge in [0.25, 0.3) is 5.91 Å². The molecule has 9 heteroatoms. The van der Waals surface area contributed by atoms with E-state index >= 15 is 0 Å². The van der Waals surface area contributed by atoms with Crippen molar-refractivity contribution in [2.24, 2.45) is 5.73 Å². The molecule has 2 fully saturated rings. The van der Waals surface area contributed by atoms with Crippen molar-refractivity contribution in [3.8, 4) is 0 Å². The minimum Gasteiger partial charge on any atom is -0.355 e. The zero-order valence-corrected chi connectivity index (χ0v) is 18.3. The molecule has 0 aromatic carbocycles. The lowest BCUT2D eigenvalue weighted by Crippen LogP contribution is -2.39. The maximum atomic E-state index is 13.2. The van der Waals surface area contributed by atoms with Crippen molar-refractivity contribution < 1.29 is 4.79 Å². The van der Waals surface area contributed by atoms with Crippen molar-refractivity contribution in [2.75, 3.05) is 24.5 Å². The van der Waals surface area contributed by atoms with Crippen LogP contribution in [0.2, 0.25) is 5.02 Å². The number of fused-ring (bicyclic) bond motifs is 1. The molecule has 0 bridgehead atoms. The Kier molecular flexibility index (Phi) is 5.27. The van der Waals surface area contributed by atoms with Crippen molar-refractivity contribution >= 4 is 29.0 Å². The third-order valence-corrected chi connectivity index (χ3v) is 6.42. The molecule has 2 saturated heterocycles. The molecule has 0 aliphatic carbocycles. The number of hydrogen-bond donors (Lipinski definition) is 1. The van der Waals surface area contributed by atoms with Crippen molar-refractivity contribution in [3.63, 3.8) is 0 Å². The van der Waals surface area contributed by atoms with Crippen LogP contribution in [-0.4, -0.2) is 56.1 Å². The second-order valence-corrected chi connectivity index (χ2v) is 8.92. The number of carbonyl (C=O) groups excluding carboxylic acids is 1. The van der Waals surface area contributed by atoms with Gasteiger partial charge in [-0.1, -0.05) is 11.6 Å². The van der Waals surface area contributed by atoms with Crippen molar-refractivity contribution in [2.45, 2.75) is 44.7 Å². The molecule has 2 aliphatic rings. The van der Waals surface area contributed by atoms with Gasteiger partial charge in [-0.15, -0.1) is 0 Å². The second-order valence-electron chi connectivity index (χ2n) is 8.49. The van der Waals surface area contributed by atoms with Crippen LogP contribution in [-0.2, 0) is 0 Å². The minimum absolute atomic E-state index is 0.0886. The number of piperidine rings is 1. The van der Waals surface area contributed by atoms with Gasteiger partial charge < -0.3 is 15.5 Å². The van der Waals surface area contributed by atoms with Gasteiger partial charge in [0.1, 0.15) is 11.5 Å². The summed E-state index contributed by atoms with van der Waals surface area (Å²) in [5.41, 5.74) is 9.22. The summed E-state index contributed by atoms with van der Waals surface area (Å²) in [6.45, 7) is 4.48. The van der Waals surface area contributed by atoms with E-state index in [-0.39, 0.29) is 18.0 Å². The number of nitrogens with zero attached hydrogens (tertiary/aromatic N) is 6. The number of halogens is 1. The summed E-state index contributed by atoms with van der Waals surface area (Å²) in [7, 11) is 0. The molecule has 8 nitrogen and oxygen atoms in total. The third-order valence-electron chi connectivity index (χ3n) is 6.20. The molecule has 5 rings (SSSR count). The van der Waals surface area contributed by atoms with Crippen LogP contribution < -0.4 is 10.6 Å². The highest BCUT2D eigenvalue weighted by atomic mass is 35.5. The first-order valence-electron chi connectivity index (χ1n) is 10.8. The minimum atomic E-state index is -0.0932. The maximum absolute atomic E-state index is 13.2. The van der Waals surface area contributed by atoms with E-state index in [1.54, 1.807) is 12.1 Å². The number of aryl methyl sites for hydroxylation is 1. The molecule has 3 aromatic heterocycles. The van der Waals surface area contributed by atoms with Crippen LogP contribution in [0.15, 0.2) is 30.6 Å². The van der Waals surface area contributed by atoms with Crippen LogP contribution >= 0.6 is 11.6 Å². The van der Waals surface area contributed by atoms with E-state index in [1.165, 1.54) is 6.20 Å². The summed E-state index contributed by atoms with van der Waals surface area (Å²) in [4.78, 5) is 26.4. The first kappa shape index (κ1) is 20.2. The predicted molar refractivity (Wildman–Crippen MR) is 119 cm³/mol. The fraction of sp³-hybridized carbons (Fsp3) is 0.455. The highest BCUT2D eigenvalue weighted by molar-refractivity contribution is 6.30. The van der Waals surface area contributed by atoms with E-state index in [9.17, 15) is 4.79 Å². The lowest BCUT2D eigenvalue weighted by atomic mass is 9.99. The average Bonchev–Trinajstić information content (AvgIpc) is 3.39. The number of aromatic nitrogens is 4. The quantitative estimate of drug-likeness (QED) is 0.674. The molecule has 2 aliphatic heterocycles. The van der Waals surface area contributed by atoms with Crippen LogP contribution in [0.5, 0.6) is 0 Å². The Hall–Kier alpha value is -2.71. The second kappa shape index (κ2) is 8.09. The fourth-order valence-corrected chi connectivity index (χ4v) is 4.73. The van der Waals surface area contributed by atoms with Crippen molar-refractivity contribution in [1.82, 2.24) is 24.5 Å². The van der Waals surface area contributed by atoms with E-state index in [0.717, 1.165) is 61.5 Å². The standard InChI is InChI=1S/C22H26ClN7O/c1-14-12-30-20(26-21(14)28-9-7-16(24)13-28)10-18(27-30)19-4-2-3-8-29(19)22(31)17-6-5-15(23)11-25-17/h5-6,10-12,16,19H,2-4,7-9,13,24H2,1H3.